The summed E-state index contributed by atoms with van der Waals surface area (Å²) < 4.78 is 0. The summed E-state index contributed by atoms with van der Waals surface area (Å²) in [5.41, 5.74) is 0.422. The van der Waals surface area contributed by atoms with Crippen molar-refractivity contribution in [2.24, 2.45) is 11.3 Å². The highest BCUT2D eigenvalue weighted by Crippen LogP contribution is 2.34. The molecule has 144 valence electrons. The zero-order chi connectivity index (χ0) is 18.3. The molecule has 0 radical (unpaired) electrons. The van der Waals surface area contributed by atoms with Crippen LogP contribution >= 0.6 is 0 Å². The van der Waals surface area contributed by atoms with E-state index < -0.39 is 5.97 Å². The van der Waals surface area contributed by atoms with Gasteiger partial charge in [0.2, 0.25) is 0 Å². The first kappa shape index (κ1) is 23.5. The maximum atomic E-state index is 10.5. The zero-order valence-electron chi connectivity index (χ0n) is 17.0. The van der Waals surface area contributed by atoms with Crippen LogP contribution in [0.25, 0.3) is 0 Å². The van der Waals surface area contributed by atoms with Crippen LogP contribution < -0.4 is 0 Å². The molecule has 0 aromatic carbocycles. The lowest BCUT2D eigenvalue weighted by Gasteiger charge is -2.31. The molecule has 0 bridgehead atoms. The molecule has 0 saturated heterocycles. The number of hydrogen-bond donors (Lipinski definition) is 1. The predicted octanol–water partition coefficient (Wildman–Crippen LogP) is 7.60. The quantitative estimate of drug-likeness (QED) is 0.294. The van der Waals surface area contributed by atoms with Crippen LogP contribution in [0, 0.1) is 11.3 Å². The number of hydrogen-bond acceptors (Lipinski definition) is 1. The van der Waals surface area contributed by atoms with E-state index in [0.29, 0.717) is 11.8 Å². The molecule has 0 rings (SSSR count). The highest BCUT2D eigenvalue weighted by atomic mass is 16.4. The summed E-state index contributed by atoms with van der Waals surface area (Å²) in [6, 6.07) is 0. The molecule has 0 amide bonds. The highest BCUT2D eigenvalue weighted by molar-refractivity contribution is 5.66. The first-order chi connectivity index (χ1) is 11.4. The molecule has 0 aliphatic heterocycles. The van der Waals surface area contributed by atoms with Crippen LogP contribution in [0.2, 0.25) is 0 Å². The van der Waals surface area contributed by atoms with Crippen LogP contribution in [0.15, 0.2) is 0 Å². The number of rotatable bonds is 16. The third-order valence-electron chi connectivity index (χ3n) is 5.32. The first-order valence-corrected chi connectivity index (χ1v) is 10.6. The van der Waals surface area contributed by atoms with Gasteiger partial charge in [0.15, 0.2) is 0 Å². The van der Waals surface area contributed by atoms with Gasteiger partial charge in [-0.25, -0.2) is 0 Å². The van der Waals surface area contributed by atoms with Gasteiger partial charge in [-0.2, -0.15) is 0 Å². The second-order valence-corrected chi connectivity index (χ2v) is 8.67. The van der Waals surface area contributed by atoms with Crippen molar-refractivity contribution in [3.05, 3.63) is 0 Å². The Morgan fingerprint density at radius 2 is 1.17 bits per heavy atom. The van der Waals surface area contributed by atoms with Gasteiger partial charge in [-0.05, 0) is 30.6 Å². The summed E-state index contributed by atoms with van der Waals surface area (Å²) >= 11 is 0. The molecule has 0 spiro atoms. The molecule has 0 aromatic heterocycles. The van der Waals surface area contributed by atoms with Crippen LogP contribution in [0.1, 0.15) is 124 Å². The molecule has 0 aliphatic rings. The molecular formula is C22H44O2. The van der Waals surface area contributed by atoms with E-state index in [1.807, 2.05) is 0 Å². The molecular weight excluding hydrogens is 296 g/mol. The van der Waals surface area contributed by atoms with Crippen LogP contribution in [-0.4, -0.2) is 11.1 Å². The number of unbranched alkanes of at least 4 members (excludes halogenated alkanes) is 10. The molecule has 1 unspecified atom stereocenters. The summed E-state index contributed by atoms with van der Waals surface area (Å²) in [5.74, 6) is 0.185. The van der Waals surface area contributed by atoms with Crippen molar-refractivity contribution >= 4 is 5.97 Å². The minimum absolute atomic E-state index is 0.336. The van der Waals surface area contributed by atoms with Gasteiger partial charge in [0.25, 0.3) is 0 Å². The molecule has 0 aromatic rings. The van der Waals surface area contributed by atoms with Gasteiger partial charge in [0.05, 0.1) is 0 Å². The number of carboxylic acid groups (broad SMARTS) is 1. The second kappa shape index (κ2) is 14.8. The van der Waals surface area contributed by atoms with Crippen molar-refractivity contribution in [3.63, 3.8) is 0 Å². The topological polar surface area (TPSA) is 37.3 Å². The van der Waals surface area contributed by atoms with Gasteiger partial charge in [-0.1, -0.05) is 98.3 Å². The maximum Gasteiger partial charge on any atom is 0.303 e. The average molecular weight is 341 g/mol. The van der Waals surface area contributed by atoms with Crippen LogP contribution in [0.4, 0.5) is 0 Å². The standard InChI is InChI=1S/C22H44O2/c1-5-6-7-8-9-11-14-17-20(22(2,3)4)18-15-12-10-13-16-19-21(23)24/h20H,5-19H2,1-4H3,(H,23,24). The van der Waals surface area contributed by atoms with Crippen molar-refractivity contribution in [1.82, 2.24) is 0 Å². The molecule has 0 aliphatic carbocycles. The Kier molecular flexibility index (Phi) is 14.5. The monoisotopic (exact) mass is 340 g/mol. The predicted molar refractivity (Wildman–Crippen MR) is 106 cm³/mol. The van der Waals surface area contributed by atoms with Gasteiger partial charge in [-0.15, -0.1) is 0 Å². The van der Waals surface area contributed by atoms with Gasteiger partial charge < -0.3 is 5.11 Å². The van der Waals surface area contributed by atoms with E-state index in [4.69, 9.17) is 5.11 Å². The average Bonchev–Trinajstić information content (AvgIpc) is 2.49. The SMILES string of the molecule is CCCCCCCCCC(CCCCCCCC(=O)O)C(C)(C)C. The molecule has 2 heteroatoms. The molecule has 1 N–H and O–H groups in total. The smallest absolute Gasteiger partial charge is 0.303 e. The fourth-order valence-electron chi connectivity index (χ4n) is 3.56. The Morgan fingerprint density at radius 1 is 0.750 bits per heavy atom. The van der Waals surface area contributed by atoms with Gasteiger partial charge in [-0.3, -0.25) is 4.79 Å². The third kappa shape index (κ3) is 15.0. The molecule has 0 fully saturated rings. The molecule has 1 atom stereocenters. The van der Waals surface area contributed by atoms with Gasteiger partial charge >= 0.3 is 5.97 Å². The normalized spacial score (nSPS) is 13.2. The summed E-state index contributed by atoms with van der Waals surface area (Å²) in [5, 5.41) is 8.64. The van der Waals surface area contributed by atoms with E-state index in [9.17, 15) is 4.79 Å². The van der Waals surface area contributed by atoms with Crippen LogP contribution in [0.3, 0.4) is 0 Å². The summed E-state index contributed by atoms with van der Waals surface area (Å²) in [7, 11) is 0. The number of carboxylic acids is 1. The minimum atomic E-state index is -0.655. The van der Waals surface area contributed by atoms with E-state index in [2.05, 4.69) is 27.7 Å². The van der Waals surface area contributed by atoms with Crippen LogP contribution in [-0.2, 0) is 4.79 Å². The fraction of sp³-hybridized carbons (Fsp3) is 0.955. The van der Waals surface area contributed by atoms with Crippen molar-refractivity contribution in [2.75, 3.05) is 0 Å². The van der Waals surface area contributed by atoms with E-state index in [1.165, 1.54) is 77.0 Å². The van der Waals surface area contributed by atoms with Crippen molar-refractivity contribution < 1.29 is 9.90 Å². The summed E-state index contributed by atoms with van der Waals surface area (Å²) in [6.07, 6.45) is 18.6. The van der Waals surface area contributed by atoms with Crippen LogP contribution in [0.5, 0.6) is 0 Å². The third-order valence-corrected chi connectivity index (χ3v) is 5.32. The lowest BCUT2D eigenvalue weighted by atomic mass is 9.75. The van der Waals surface area contributed by atoms with Crippen molar-refractivity contribution in [2.45, 2.75) is 124 Å². The van der Waals surface area contributed by atoms with Crippen molar-refractivity contribution in [1.29, 1.82) is 0 Å². The highest BCUT2D eigenvalue weighted by Gasteiger charge is 2.23. The van der Waals surface area contributed by atoms with Gasteiger partial charge in [0, 0.05) is 6.42 Å². The Labute approximate surface area is 151 Å². The molecule has 2 nitrogen and oxygen atoms in total. The summed E-state index contributed by atoms with van der Waals surface area (Å²) in [4.78, 5) is 10.5. The molecule has 0 heterocycles. The Hall–Kier alpha value is -0.530. The fourth-order valence-corrected chi connectivity index (χ4v) is 3.56. The Bertz CT molecular complexity index is 291. The Balaban J connectivity index is 3.73. The summed E-state index contributed by atoms with van der Waals surface area (Å²) in [6.45, 7) is 9.46. The van der Waals surface area contributed by atoms with E-state index in [0.717, 1.165) is 18.8 Å². The first-order valence-electron chi connectivity index (χ1n) is 10.6. The molecule has 24 heavy (non-hydrogen) atoms. The lowest BCUT2D eigenvalue weighted by molar-refractivity contribution is -0.137. The number of carbonyl (C=O) groups is 1. The number of aliphatic carboxylic acids is 1. The molecule has 0 saturated carbocycles. The second-order valence-electron chi connectivity index (χ2n) is 8.67. The maximum absolute atomic E-state index is 10.5. The van der Waals surface area contributed by atoms with Crippen molar-refractivity contribution in [3.8, 4) is 0 Å². The van der Waals surface area contributed by atoms with E-state index >= 15 is 0 Å². The van der Waals surface area contributed by atoms with Gasteiger partial charge in [0.1, 0.15) is 0 Å². The zero-order valence-corrected chi connectivity index (χ0v) is 17.0. The van der Waals surface area contributed by atoms with E-state index in [1.54, 1.807) is 0 Å². The lowest BCUT2D eigenvalue weighted by Crippen LogP contribution is -2.20. The van der Waals surface area contributed by atoms with E-state index in [-0.39, 0.29) is 0 Å². The minimum Gasteiger partial charge on any atom is -0.481 e. The Morgan fingerprint density at radius 3 is 1.58 bits per heavy atom. The largest absolute Gasteiger partial charge is 0.481 e.